The zero-order valence-corrected chi connectivity index (χ0v) is 10.3. The zero-order chi connectivity index (χ0) is 11.5. The van der Waals surface area contributed by atoms with Crippen LogP contribution in [0.2, 0.25) is 0 Å². The van der Waals surface area contributed by atoms with E-state index in [-0.39, 0.29) is 5.92 Å². The first-order valence-corrected chi connectivity index (χ1v) is 6.36. The molecule has 0 saturated carbocycles. The Labute approximate surface area is 98.4 Å². The van der Waals surface area contributed by atoms with Crippen LogP contribution >= 0.6 is 0 Å². The molecule has 0 N–H and O–H groups in total. The minimum Gasteiger partial charge on any atom is -0.300 e. The molecule has 2 aliphatic rings. The van der Waals surface area contributed by atoms with Gasteiger partial charge in [0.05, 0.1) is 6.42 Å². The van der Waals surface area contributed by atoms with Gasteiger partial charge < -0.3 is 4.90 Å². The van der Waals surface area contributed by atoms with Crippen molar-refractivity contribution in [2.75, 3.05) is 7.05 Å². The Morgan fingerprint density at radius 2 is 1.94 bits per heavy atom. The largest absolute Gasteiger partial charge is 0.300 e. The molecule has 0 aromatic heterocycles. The highest BCUT2D eigenvalue weighted by molar-refractivity contribution is 5.83. The molecule has 16 heavy (non-hydrogen) atoms. The van der Waals surface area contributed by atoms with E-state index in [9.17, 15) is 4.79 Å². The lowest BCUT2D eigenvalue weighted by molar-refractivity contribution is -0.125. The van der Waals surface area contributed by atoms with Crippen molar-refractivity contribution < 1.29 is 4.79 Å². The molecule has 88 valence electrons. The van der Waals surface area contributed by atoms with Crippen molar-refractivity contribution in [1.29, 1.82) is 0 Å². The molecule has 2 fully saturated rings. The van der Waals surface area contributed by atoms with Crippen LogP contribution in [0.4, 0.5) is 0 Å². The van der Waals surface area contributed by atoms with Crippen molar-refractivity contribution in [1.82, 2.24) is 4.90 Å². The van der Waals surface area contributed by atoms with Crippen LogP contribution in [-0.2, 0) is 4.79 Å². The van der Waals surface area contributed by atoms with Crippen molar-refractivity contribution in [3.8, 4) is 11.8 Å². The maximum absolute atomic E-state index is 12.0. The molecule has 2 heterocycles. The SMILES string of the molecule is CC#CCC(=O)C1CC2CCCC(C1)N2C. The van der Waals surface area contributed by atoms with E-state index in [1.54, 1.807) is 6.92 Å². The Kier molecular flexibility index (Phi) is 3.66. The number of hydrogen-bond acceptors (Lipinski definition) is 2. The summed E-state index contributed by atoms with van der Waals surface area (Å²) in [7, 11) is 2.22. The van der Waals surface area contributed by atoms with Gasteiger partial charge in [0.25, 0.3) is 0 Å². The summed E-state index contributed by atoms with van der Waals surface area (Å²) in [6.07, 6.45) is 6.49. The number of rotatable bonds is 2. The number of Topliss-reactive ketones (excluding diaryl/α,β-unsaturated/α-hetero) is 1. The minimum atomic E-state index is 0.285. The summed E-state index contributed by atoms with van der Waals surface area (Å²) < 4.78 is 0. The minimum absolute atomic E-state index is 0.285. The van der Waals surface area contributed by atoms with Crippen LogP contribution in [0, 0.1) is 17.8 Å². The number of piperidine rings is 2. The van der Waals surface area contributed by atoms with Crippen LogP contribution in [0.15, 0.2) is 0 Å². The van der Waals surface area contributed by atoms with E-state index in [4.69, 9.17) is 0 Å². The van der Waals surface area contributed by atoms with Crippen molar-refractivity contribution in [3.63, 3.8) is 0 Å². The fourth-order valence-corrected chi connectivity index (χ4v) is 3.20. The van der Waals surface area contributed by atoms with Gasteiger partial charge in [-0.1, -0.05) is 12.3 Å². The summed E-state index contributed by atoms with van der Waals surface area (Å²) in [5.74, 6) is 6.38. The van der Waals surface area contributed by atoms with E-state index < -0.39 is 0 Å². The van der Waals surface area contributed by atoms with Crippen LogP contribution in [0.5, 0.6) is 0 Å². The van der Waals surface area contributed by atoms with Crippen LogP contribution < -0.4 is 0 Å². The molecule has 0 aromatic rings. The van der Waals surface area contributed by atoms with Gasteiger partial charge in [0.2, 0.25) is 0 Å². The van der Waals surface area contributed by atoms with E-state index in [0.29, 0.717) is 24.3 Å². The molecule has 2 saturated heterocycles. The van der Waals surface area contributed by atoms with Crippen molar-refractivity contribution in [2.24, 2.45) is 5.92 Å². The van der Waals surface area contributed by atoms with E-state index in [1.807, 2.05) is 0 Å². The molecule has 0 aliphatic carbocycles. The molecule has 0 spiro atoms. The molecule has 2 rings (SSSR count). The van der Waals surface area contributed by atoms with E-state index in [0.717, 1.165) is 12.8 Å². The second-order valence-corrected chi connectivity index (χ2v) is 5.14. The molecule has 0 radical (unpaired) electrons. The molecular formula is C14H21NO. The number of nitrogens with zero attached hydrogens (tertiary/aromatic N) is 1. The van der Waals surface area contributed by atoms with Gasteiger partial charge in [-0.3, -0.25) is 4.79 Å². The highest BCUT2D eigenvalue weighted by Gasteiger charge is 2.38. The molecular weight excluding hydrogens is 198 g/mol. The average Bonchev–Trinajstić information content (AvgIpc) is 2.25. The van der Waals surface area contributed by atoms with Gasteiger partial charge in [-0.2, -0.15) is 0 Å². The number of fused-ring (bicyclic) bond motifs is 2. The van der Waals surface area contributed by atoms with Gasteiger partial charge in [0, 0.05) is 18.0 Å². The number of hydrogen-bond donors (Lipinski definition) is 0. The average molecular weight is 219 g/mol. The third-order valence-electron chi connectivity index (χ3n) is 4.23. The van der Waals surface area contributed by atoms with Gasteiger partial charge >= 0.3 is 0 Å². The summed E-state index contributed by atoms with van der Waals surface area (Å²) in [6.45, 7) is 1.80. The quantitative estimate of drug-likeness (QED) is 0.664. The standard InChI is InChI=1S/C14H21NO/c1-3-4-8-14(16)11-9-12-6-5-7-13(10-11)15(12)2/h11-13H,5-10H2,1-2H3. The van der Waals surface area contributed by atoms with Gasteiger partial charge in [0.1, 0.15) is 5.78 Å². The summed E-state index contributed by atoms with van der Waals surface area (Å²) in [5.41, 5.74) is 0. The van der Waals surface area contributed by atoms with Gasteiger partial charge in [-0.15, -0.1) is 5.92 Å². The molecule has 2 aliphatic heterocycles. The summed E-state index contributed by atoms with van der Waals surface area (Å²) >= 11 is 0. The number of carbonyl (C=O) groups excluding carboxylic acids is 1. The predicted octanol–water partition coefficient (Wildman–Crippen LogP) is 2.23. The van der Waals surface area contributed by atoms with Gasteiger partial charge in [-0.05, 0) is 39.7 Å². The topological polar surface area (TPSA) is 20.3 Å². The summed E-state index contributed by atoms with van der Waals surface area (Å²) in [4.78, 5) is 14.5. The second kappa shape index (κ2) is 5.01. The number of ketones is 1. The Morgan fingerprint density at radius 1 is 1.31 bits per heavy atom. The predicted molar refractivity (Wildman–Crippen MR) is 65.0 cm³/mol. The molecule has 2 bridgehead atoms. The Morgan fingerprint density at radius 3 is 2.50 bits per heavy atom. The van der Waals surface area contributed by atoms with Crippen LogP contribution in [0.1, 0.15) is 45.4 Å². The van der Waals surface area contributed by atoms with Crippen LogP contribution in [0.3, 0.4) is 0 Å². The fraction of sp³-hybridized carbons (Fsp3) is 0.786. The lowest BCUT2D eigenvalue weighted by atomic mass is 9.76. The molecule has 0 aromatic carbocycles. The van der Waals surface area contributed by atoms with Crippen molar-refractivity contribution in [2.45, 2.75) is 57.5 Å². The second-order valence-electron chi connectivity index (χ2n) is 5.14. The van der Waals surface area contributed by atoms with Crippen molar-refractivity contribution >= 4 is 5.78 Å². The highest BCUT2D eigenvalue weighted by Crippen LogP contribution is 2.36. The highest BCUT2D eigenvalue weighted by atomic mass is 16.1. The Hall–Kier alpha value is -0.810. The zero-order valence-electron chi connectivity index (χ0n) is 10.3. The third-order valence-corrected chi connectivity index (χ3v) is 4.23. The Balaban J connectivity index is 1.98. The first-order chi connectivity index (χ1) is 7.72. The lowest BCUT2D eigenvalue weighted by Crippen LogP contribution is -2.50. The summed E-state index contributed by atoms with van der Waals surface area (Å²) in [6, 6.07) is 1.30. The van der Waals surface area contributed by atoms with Crippen LogP contribution in [-0.4, -0.2) is 29.8 Å². The monoisotopic (exact) mass is 219 g/mol. The fourth-order valence-electron chi connectivity index (χ4n) is 3.20. The van der Waals surface area contributed by atoms with E-state index >= 15 is 0 Å². The first kappa shape index (κ1) is 11.7. The molecule has 2 unspecified atom stereocenters. The maximum atomic E-state index is 12.0. The van der Waals surface area contributed by atoms with Crippen molar-refractivity contribution in [3.05, 3.63) is 0 Å². The first-order valence-electron chi connectivity index (χ1n) is 6.36. The molecule has 2 atom stereocenters. The lowest BCUT2D eigenvalue weighted by Gasteiger charge is -2.46. The van der Waals surface area contributed by atoms with Gasteiger partial charge in [0.15, 0.2) is 0 Å². The smallest absolute Gasteiger partial charge is 0.147 e. The Bertz CT molecular complexity index is 311. The van der Waals surface area contributed by atoms with Crippen LogP contribution in [0.25, 0.3) is 0 Å². The van der Waals surface area contributed by atoms with Gasteiger partial charge in [-0.25, -0.2) is 0 Å². The van der Waals surface area contributed by atoms with E-state index in [2.05, 4.69) is 23.8 Å². The normalized spacial score (nSPS) is 34.0. The summed E-state index contributed by atoms with van der Waals surface area (Å²) in [5, 5.41) is 0. The molecule has 2 nitrogen and oxygen atoms in total. The third kappa shape index (κ3) is 2.30. The molecule has 2 heteroatoms. The number of carbonyl (C=O) groups is 1. The maximum Gasteiger partial charge on any atom is 0.147 e. The molecule has 0 amide bonds. The van der Waals surface area contributed by atoms with E-state index in [1.165, 1.54) is 19.3 Å².